The standard InChI is InChI=1S/C13H24N2O2S/c1-11(2)13-9-8-12(15(13)3)7-5-6-10-14-18(4,16)17/h8-9,11,14H,5-7,10H2,1-4H3. The average Bonchev–Trinajstić information content (AvgIpc) is 2.58. The van der Waals surface area contributed by atoms with E-state index in [1.54, 1.807) is 0 Å². The Morgan fingerprint density at radius 1 is 1.28 bits per heavy atom. The number of aryl methyl sites for hydroxylation is 1. The number of hydrogen-bond acceptors (Lipinski definition) is 2. The van der Waals surface area contributed by atoms with Crippen molar-refractivity contribution in [2.24, 2.45) is 7.05 Å². The van der Waals surface area contributed by atoms with Crippen LogP contribution in [0.3, 0.4) is 0 Å². The number of nitrogens with one attached hydrogen (secondary N) is 1. The number of sulfonamides is 1. The Kier molecular flexibility index (Phi) is 5.41. The van der Waals surface area contributed by atoms with Crippen molar-refractivity contribution in [2.45, 2.75) is 39.0 Å². The molecule has 5 heteroatoms. The second-order valence-electron chi connectivity index (χ2n) is 5.09. The van der Waals surface area contributed by atoms with E-state index in [2.05, 4.69) is 42.3 Å². The predicted octanol–water partition coefficient (Wildman–Crippen LogP) is 2.02. The Balaban J connectivity index is 2.36. The first kappa shape index (κ1) is 15.2. The van der Waals surface area contributed by atoms with Crippen molar-refractivity contribution < 1.29 is 8.42 Å². The zero-order valence-corrected chi connectivity index (χ0v) is 12.5. The molecule has 0 atom stereocenters. The first-order valence-corrected chi connectivity index (χ1v) is 8.29. The molecule has 0 fully saturated rings. The van der Waals surface area contributed by atoms with Crippen molar-refractivity contribution in [1.82, 2.24) is 9.29 Å². The molecule has 1 aromatic rings. The van der Waals surface area contributed by atoms with Crippen LogP contribution in [0.2, 0.25) is 0 Å². The maximum absolute atomic E-state index is 10.9. The molecule has 1 aromatic heterocycles. The highest BCUT2D eigenvalue weighted by Crippen LogP contribution is 2.18. The number of rotatable bonds is 7. The number of unbranched alkanes of at least 4 members (excludes halogenated alkanes) is 1. The van der Waals surface area contributed by atoms with Crippen LogP contribution in [0.25, 0.3) is 0 Å². The molecule has 0 spiro atoms. The summed E-state index contributed by atoms with van der Waals surface area (Å²) in [4.78, 5) is 0. The summed E-state index contributed by atoms with van der Waals surface area (Å²) in [6.07, 6.45) is 4.06. The fraction of sp³-hybridized carbons (Fsp3) is 0.692. The molecule has 0 radical (unpaired) electrons. The molecule has 1 rings (SSSR count). The van der Waals surface area contributed by atoms with Gasteiger partial charge in [0.2, 0.25) is 10.0 Å². The SMILES string of the molecule is CC(C)c1ccc(CCCCNS(C)(=O)=O)n1C. The summed E-state index contributed by atoms with van der Waals surface area (Å²) in [6.45, 7) is 4.91. The van der Waals surface area contributed by atoms with Crippen LogP contribution in [-0.2, 0) is 23.5 Å². The lowest BCUT2D eigenvalue weighted by atomic mass is 10.1. The zero-order valence-electron chi connectivity index (χ0n) is 11.7. The average molecular weight is 272 g/mol. The monoisotopic (exact) mass is 272 g/mol. The van der Waals surface area contributed by atoms with E-state index >= 15 is 0 Å². The van der Waals surface area contributed by atoms with Crippen molar-refractivity contribution in [2.75, 3.05) is 12.8 Å². The van der Waals surface area contributed by atoms with E-state index in [-0.39, 0.29) is 0 Å². The Labute approximate surface area is 110 Å². The molecule has 0 amide bonds. The van der Waals surface area contributed by atoms with Crippen molar-refractivity contribution in [3.63, 3.8) is 0 Å². The predicted molar refractivity (Wildman–Crippen MR) is 75.3 cm³/mol. The third-order valence-electron chi connectivity index (χ3n) is 3.08. The van der Waals surface area contributed by atoms with Crippen molar-refractivity contribution in [1.29, 1.82) is 0 Å². The van der Waals surface area contributed by atoms with Crippen LogP contribution in [0.1, 0.15) is 44.0 Å². The van der Waals surface area contributed by atoms with E-state index in [9.17, 15) is 8.42 Å². The second kappa shape index (κ2) is 6.38. The van der Waals surface area contributed by atoms with Gasteiger partial charge in [0.25, 0.3) is 0 Å². The molecule has 0 aliphatic carbocycles. The summed E-state index contributed by atoms with van der Waals surface area (Å²) >= 11 is 0. The van der Waals surface area contributed by atoms with Gasteiger partial charge in [0.05, 0.1) is 6.26 Å². The van der Waals surface area contributed by atoms with E-state index < -0.39 is 10.0 Å². The molecule has 1 heterocycles. The molecule has 0 bridgehead atoms. The lowest BCUT2D eigenvalue weighted by Gasteiger charge is -2.10. The van der Waals surface area contributed by atoms with Crippen LogP contribution in [0.5, 0.6) is 0 Å². The minimum absolute atomic E-state index is 0.528. The second-order valence-corrected chi connectivity index (χ2v) is 6.92. The number of hydrogen-bond donors (Lipinski definition) is 1. The van der Waals surface area contributed by atoms with Gasteiger partial charge in [-0.1, -0.05) is 13.8 Å². The lowest BCUT2D eigenvalue weighted by molar-refractivity contribution is 0.581. The largest absolute Gasteiger partial charge is 0.351 e. The highest BCUT2D eigenvalue weighted by atomic mass is 32.2. The van der Waals surface area contributed by atoms with Gasteiger partial charge < -0.3 is 4.57 Å². The molecular weight excluding hydrogens is 248 g/mol. The lowest BCUT2D eigenvalue weighted by Crippen LogP contribution is -2.23. The van der Waals surface area contributed by atoms with Gasteiger partial charge in [-0.15, -0.1) is 0 Å². The van der Waals surface area contributed by atoms with Crippen molar-refractivity contribution in [3.05, 3.63) is 23.5 Å². The van der Waals surface area contributed by atoms with Crippen molar-refractivity contribution in [3.8, 4) is 0 Å². The normalized spacial score (nSPS) is 12.3. The first-order valence-electron chi connectivity index (χ1n) is 6.40. The summed E-state index contributed by atoms with van der Waals surface area (Å²) in [7, 11) is -0.943. The maximum Gasteiger partial charge on any atom is 0.208 e. The highest BCUT2D eigenvalue weighted by Gasteiger charge is 2.07. The van der Waals surface area contributed by atoms with Gasteiger partial charge in [0.1, 0.15) is 0 Å². The molecule has 18 heavy (non-hydrogen) atoms. The molecule has 1 N–H and O–H groups in total. The van der Waals surface area contributed by atoms with Gasteiger partial charge in [0, 0.05) is 25.0 Å². The fourth-order valence-corrected chi connectivity index (χ4v) is 2.61. The van der Waals surface area contributed by atoms with Gasteiger partial charge in [0.15, 0.2) is 0 Å². The molecular formula is C13H24N2O2S. The van der Waals surface area contributed by atoms with Crippen LogP contribution in [-0.4, -0.2) is 25.8 Å². The summed E-state index contributed by atoms with van der Waals surface area (Å²) in [5.41, 5.74) is 2.66. The summed E-state index contributed by atoms with van der Waals surface area (Å²) in [5.74, 6) is 0.538. The van der Waals surface area contributed by atoms with Gasteiger partial charge >= 0.3 is 0 Å². The quantitative estimate of drug-likeness (QED) is 0.772. The smallest absolute Gasteiger partial charge is 0.208 e. The van der Waals surface area contributed by atoms with Gasteiger partial charge in [-0.05, 0) is 37.3 Å². The van der Waals surface area contributed by atoms with Crippen molar-refractivity contribution >= 4 is 10.0 Å². The molecule has 0 saturated carbocycles. The molecule has 0 unspecified atom stereocenters. The zero-order chi connectivity index (χ0) is 13.8. The van der Waals surface area contributed by atoms with Crippen LogP contribution < -0.4 is 4.72 Å². The van der Waals surface area contributed by atoms with Crippen LogP contribution in [0.4, 0.5) is 0 Å². The molecule has 0 aromatic carbocycles. The molecule has 0 aliphatic heterocycles. The van der Waals surface area contributed by atoms with Crippen LogP contribution in [0.15, 0.2) is 12.1 Å². The van der Waals surface area contributed by atoms with Crippen LogP contribution in [0, 0.1) is 0 Å². The van der Waals surface area contributed by atoms with Crippen LogP contribution >= 0.6 is 0 Å². The van der Waals surface area contributed by atoms with E-state index in [0.717, 1.165) is 19.3 Å². The molecule has 4 nitrogen and oxygen atoms in total. The third-order valence-corrected chi connectivity index (χ3v) is 3.81. The van der Waals surface area contributed by atoms with E-state index in [0.29, 0.717) is 12.5 Å². The highest BCUT2D eigenvalue weighted by molar-refractivity contribution is 7.88. The summed E-state index contributed by atoms with van der Waals surface area (Å²) in [6, 6.07) is 4.34. The van der Waals surface area contributed by atoms with E-state index in [1.807, 2.05) is 0 Å². The number of aromatic nitrogens is 1. The Hall–Kier alpha value is -0.810. The molecule has 104 valence electrons. The van der Waals surface area contributed by atoms with Gasteiger partial charge in [-0.3, -0.25) is 0 Å². The Morgan fingerprint density at radius 2 is 1.94 bits per heavy atom. The Bertz CT molecular complexity index is 475. The summed E-state index contributed by atoms with van der Waals surface area (Å²) < 4.78 is 26.5. The maximum atomic E-state index is 10.9. The fourth-order valence-electron chi connectivity index (χ4n) is 2.09. The summed E-state index contributed by atoms with van der Waals surface area (Å²) in [5, 5.41) is 0. The van der Waals surface area contributed by atoms with E-state index in [4.69, 9.17) is 0 Å². The minimum atomic E-state index is -3.04. The first-order chi connectivity index (χ1) is 8.31. The third kappa shape index (κ3) is 4.82. The molecule has 0 saturated heterocycles. The van der Waals surface area contributed by atoms with E-state index in [1.165, 1.54) is 17.6 Å². The number of nitrogens with zero attached hydrogens (tertiary/aromatic N) is 1. The minimum Gasteiger partial charge on any atom is -0.351 e. The van der Waals surface area contributed by atoms with Gasteiger partial charge in [-0.2, -0.15) is 0 Å². The van der Waals surface area contributed by atoms with Gasteiger partial charge in [-0.25, -0.2) is 13.1 Å². The Morgan fingerprint density at radius 3 is 2.44 bits per heavy atom. The topological polar surface area (TPSA) is 51.1 Å². The molecule has 0 aliphatic rings.